The molecule has 0 aromatic heterocycles. The summed E-state index contributed by atoms with van der Waals surface area (Å²) in [6.45, 7) is 5.12. The molecule has 0 aliphatic heterocycles. The molecule has 1 saturated carbocycles. The van der Waals surface area contributed by atoms with Gasteiger partial charge in [0.25, 0.3) is 0 Å². The molecule has 0 saturated heterocycles. The van der Waals surface area contributed by atoms with Crippen LogP contribution in [0.25, 0.3) is 0 Å². The molecule has 3 aliphatic carbocycles. The predicted octanol–water partition coefficient (Wildman–Crippen LogP) is 0.0972. The number of aliphatic hydroxyl groups is 3. The molecular formula is C28H40N4O7. The molecule has 1 amide bonds. The summed E-state index contributed by atoms with van der Waals surface area (Å²) in [6, 6.07) is 0.942. The lowest BCUT2D eigenvalue weighted by Crippen LogP contribution is -2.71. The van der Waals surface area contributed by atoms with E-state index in [1.165, 1.54) is 0 Å². The van der Waals surface area contributed by atoms with Gasteiger partial charge in [0.15, 0.2) is 17.2 Å². The fraction of sp³-hybridized carbons (Fsp3) is 0.607. The van der Waals surface area contributed by atoms with Gasteiger partial charge < -0.3 is 41.3 Å². The van der Waals surface area contributed by atoms with E-state index in [0.717, 1.165) is 5.69 Å². The zero-order chi connectivity index (χ0) is 29.1. The lowest BCUT2D eigenvalue weighted by molar-refractivity contribution is -0.178. The molecule has 7 N–H and O–H groups in total. The quantitative estimate of drug-likeness (QED) is 0.258. The Bertz CT molecular complexity index is 1240. The second-order valence-corrected chi connectivity index (χ2v) is 12.0. The summed E-state index contributed by atoms with van der Waals surface area (Å²) >= 11 is 0. The summed E-state index contributed by atoms with van der Waals surface area (Å²) in [5.74, 6) is -6.96. The lowest BCUT2D eigenvalue weighted by atomic mass is 9.56. The number of aliphatic hydroxyl groups excluding tert-OH is 2. The van der Waals surface area contributed by atoms with Crippen molar-refractivity contribution in [1.29, 1.82) is 0 Å². The highest BCUT2D eigenvalue weighted by molar-refractivity contribution is 6.16. The summed E-state index contributed by atoms with van der Waals surface area (Å²) in [5.41, 5.74) is 4.59. The molecular weight excluding hydrogens is 504 g/mol. The Kier molecular flexibility index (Phi) is 7.59. The van der Waals surface area contributed by atoms with Crippen LogP contribution in [0, 0.1) is 23.7 Å². The molecule has 39 heavy (non-hydrogen) atoms. The fourth-order valence-corrected chi connectivity index (χ4v) is 6.74. The van der Waals surface area contributed by atoms with Crippen LogP contribution in [0.5, 0.6) is 5.75 Å². The maximum atomic E-state index is 14.0. The van der Waals surface area contributed by atoms with Gasteiger partial charge in [0, 0.05) is 49.4 Å². The number of primary amides is 1. The Balaban J connectivity index is 1.89. The molecule has 11 heteroatoms. The second-order valence-electron chi connectivity index (χ2n) is 12.0. The zero-order valence-corrected chi connectivity index (χ0v) is 23.4. The minimum absolute atomic E-state index is 0.0290. The molecule has 1 fully saturated rings. The van der Waals surface area contributed by atoms with Gasteiger partial charge >= 0.3 is 0 Å². The fourth-order valence-electron chi connectivity index (χ4n) is 6.74. The minimum Gasteiger partial charge on any atom is -0.508 e. The van der Waals surface area contributed by atoms with E-state index >= 15 is 0 Å². The number of hydrogen-bond acceptors (Lipinski definition) is 10. The first kappa shape index (κ1) is 29.0. The number of rotatable bonds is 7. The second kappa shape index (κ2) is 10.2. The number of allylic oxidation sites excluding steroid dienone is 1. The minimum atomic E-state index is -2.59. The number of carbonyl (C=O) groups is 3. The first-order valence-electron chi connectivity index (χ1n) is 13.3. The van der Waals surface area contributed by atoms with Crippen LogP contribution in [0.1, 0.15) is 41.8 Å². The van der Waals surface area contributed by atoms with E-state index in [1.54, 1.807) is 19.0 Å². The highest BCUT2D eigenvalue weighted by Crippen LogP contribution is 2.53. The van der Waals surface area contributed by atoms with E-state index in [0.29, 0.717) is 30.1 Å². The predicted molar refractivity (Wildman–Crippen MR) is 144 cm³/mol. The van der Waals surface area contributed by atoms with E-state index in [1.807, 2.05) is 25.1 Å². The standard InChI is InChI=1S/C28H40N4O7/c1-12(2)10-30-11-14-9-17(31(3)4)15-7-13-8-16-21(32(5)6)24(35)20(27(29)38)26(37)28(16,39)25(36)18(13)23(34)19(15)22(14)33/h9,12-13,16,20-21,24,30,33,35-36,39H,7-8,10-11H2,1-6H3,(H2,29,38)/t13-,16-,20?,21-,24?,28-/m0/s1. The molecule has 214 valence electrons. The summed E-state index contributed by atoms with van der Waals surface area (Å²) in [7, 11) is 6.95. The smallest absolute Gasteiger partial charge is 0.230 e. The Hall–Kier alpha value is -2.99. The van der Waals surface area contributed by atoms with Crippen LogP contribution in [0.15, 0.2) is 17.4 Å². The van der Waals surface area contributed by atoms with Crippen LogP contribution >= 0.6 is 0 Å². The number of carbonyl (C=O) groups excluding carboxylic acids is 3. The topological polar surface area (TPSA) is 177 Å². The van der Waals surface area contributed by atoms with E-state index in [-0.39, 0.29) is 29.7 Å². The number of aromatic hydroxyl groups is 1. The maximum absolute atomic E-state index is 14.0. The summed E-state index contributed by atoms with van der Waals surface area (Å²) in [5, 5.41) is 48.8. The molecule has 3 aliphatic rings. The van der Waals surface area contributed by atoms with Crippen LogP contribution < -0.4 is 16.0 Å². The molecule has 1 aromatic carbocycles. The van der Waals surface area contributed by atoms with E-state index in [9.17, 15) is 34.8 Å². The molecule has 11 nitrogen and oxygen atoms in total. The van der Waals surface area contributed by atoms with Crippen molar-refractivity contribution in [2.75, 3.05) is 39.6 Å². The van der Waals surface area contributed by atoms with Crippen LogP contribution in [-0.4, -0.2) is 95.3 Å². The van der Waals surface area contributed by atoms with Gasteiger partial charge in [-0.25, -0.2) is 0 Å². The Labute approximate surface area is 228 Å². The van der Waals surface area contributed by atoms with Gasteiger partial charge in [0.2, 0.25) is 5.91 Å². The van der Waals surface area contributed by atoms with Crippen LogP contribution in [0.4, 0.5) is 5.69 Å². The Morgan fingerprint density at radius 1 is 1.21 bits per heavy atom. The van der Waals surface area contributed by atoms with Crippen molar-refractivity contribution in [2.45, 2.75) is 51.0 Å². The number of likely N-dealkylation sites (N-methyl/N-ethyl adjacent to an activating group) is 1. The first-order valence-corrected chi connectivity index (χ1v) is 13.3. The van der Waals surface area contributed by atoms with Gasteiger partial charge in [-0.05, 0) is 56.9 Å². The van der Waals surface area contributed by atoms with E-state index in [4.69, 9.17) is 5.73 Å². The Morgan fingerprint density at radius 2 is 1.85 bits per heavy atom. The number of anilines is 1. The SMILES string of the molecule is CC(C)CNCc1cc(N(C)C)c2c(c1O)C(=O)C1=C(O)[C@]3(O)C(=O)C(C(N)=O)C(O)[C@@H](N(C)C)[C@@H]3C[C@@H]1C2. The molecule has 2 unspecified atom stereocenters. The van der Waals surface area contributed by atoms with Crippen LogP contribution in [0.2, 0.25) is 0 Å². The Morgan fingerprint density at radius 3 is 2.38 bits per heavy atom. The van der Waals surface area contributed by atoms with Crippen molar-refractivity contribution < 1.29 is 34.8 Å². The number of nitrogens with zero attached hydrogens (tertiary/aromatic N) is 2. The van der Waals surface area contributed by atoms with Gasteiger partial charge in [-0.15, -0.1) is 0 Å². The highest BCUT2D eigenvalue weighted by Gasteiger charge is 2.66. The number of fused-ring (bicyclic) bond motifs is 3. The van der Waals surface area contributed by atoms with Crippen molar-refractivity contribution >= 4 is 23.2 Å². The molecule has 0 spiro atoms. The van der Waals surface area contributed by atoms with Crippen molar-refractivity contribution in [3.05, 3.63) is 34.1 Å². The first-order chi connectivity index (χ1) is 18.1. The molecule has 1 aromatic rings. The molecule has 0 heterocycles. The average Bonchev–Trinajstić information content (AvgIpc) is 2.81. The van der Waals surface area contributed by atoms with E-state index < -0.39 is 58.7 Å². The highest BCUT2D eigenvalue weighted by atomic mass is 16.3. The van der Waals surface area contributed by atoms with Crippen molar-refractivity contribution in [3.63, 3.8) is 0 Å². The maximum Gasteiger partial charge on any atom is 0.230 e. The average molecular weight is 545 g/mol. The van der Waals surface area contributed by atoms with Gasteiger partial charge in [-0.1, -0.05) is 13.8 Å². The van der Waals surface area contributed by atoms with Crippen molar-refractivity contribution in [1.82, 2.24) is 10.2 Å². The van der Waals surface area contributed by atoms with Crippen molar-refractivity contribution in [3.8, 4) is 5.75 Å². The third kappa shape index (κ3) is 4.41. The van der Waals surface area contributed by atoms with Gasteiger partial charge in [-0.3, -0.25) is 14.4 Å². The molecule has 0 radical (unpaired) electrons. The van der Waals surface area contributed by atoms with Crippen LogP contribution in [-0.2, 0) is 22.6 Å². The number of phenols is 1. The molecule has 0 bridgehead atoms. The number of ketones is 2. The van der Waals surface area contributed by atoms with Gasteiger partial charge in [0.1, 0.15) is 17.4 Å². The van der Waals surface area contributed by atoms with Gasteiger partial charge in [0.05, 0.1) is 11.7 Å². The number of Topliss-reactive ketones (excluding diaryl/α,β-unsaturated/α-hetero) is 2. The largest absolute Gasteiger partial charge is 0.508 e. The number of nitrogens with one attached hydrogen (secondary N) is 1. The summed E-state index contributed by atoms with van der Waals surface area (Å²) < 4.78 is 0. The third-order valence-corrected chi connectivity index (χ3v) is 8.50. The number of nitrogens with two attached hydrogens (primary N) is 1. The third-order valence-electron chi connectivity index (χ3n) is 8.50. The molecule has 4 rings (SSSR count). The monoisotopic (exact) mass is 544 g/mol. The van der Waals surface area contributed by atoms with Crippen molar-refractivity contribution in [2.24, 2.45) is 29.4 Å². The number of phenolic OH excluding ortho intramolecular Hbond substituents is 1. The normalized spacial score (nSPS) is 30.4. The summed E-state index contributed by atoms with van der Waals surface area (Å²) in [4.78, 5) is 43.1. The molecule has 6 atom stereocenters. The van der Waals surface area contributed by atoms with E-state index in [2.05, 4.69) is 19.2 Å². The number of benzene rings is 1. The van der Waals surface area contributed by atoms with Gasteiger partial charge in [-0.2, -0.15) is 0 Å². The van der Waals surface area contributed by atoms with Crippen LogP contribution in [0.3, 0.4) is 0 Å². The zero-order valence-electron chi connectivity index (χ0n) is 23.4. The summed E-state index contributed by atoms with van der Waals surface area (Å²) in [6.07, 6.45) is -1.15. The number of hydrogen-bond donors (Lipinski definition) is 6. The number of amides is 1. The lowest BCUT2D eigenvalue weighted by Gasteiger charge is -2.53.